The topological polar surface area (TPSA) is 99.8 Å². The number of nitriles is 1. The molecule has 3 fully saturated rings. The van der Waals surface area contributed by atoms with E-state index in [4.69, 9.17) is 9.97 Å². The highest BCUT2D eigenvalue weighted by molar-refractivity contribution is 7.16. The van der Waals surface area contributed by atoms with Crippen molar-refractivity contribution >= 4 is 44.7 Å². The molecule has 5 heterocycles. The number of likely N-dealkylation sites (tertiary alicyclic amines) is 2. The maximum atomic E-state index is 15.8. The van der Waals surface area contributed by atoms with E-state index in [9.17, 15) is 19.6 Å². The van der Waals surface area contributed by atoms with E-state index in [0.717, 1.165) is 68.1 Å². The van der Waals surface area contributed by atoms with Crippen molar-refractivity contribution in [3.05, 3.63) is 64.2 Å². The Morgan fingerprint density at radius 3 is 2.60 bits per heavy atom. The Balaban J connectivity index is 1.08. The fraction of sp³-hybridized carbons (Fsp3) is 0.394. The number of rotatable bonds is 6. The van der Waals surface area contributed by atoms with Crippen molar-refractivity contribution in [3.63, 3.8) is 0 Å². The normalized spacial score (nSPS) is 18.8. The fourth-order valence-electron chi connectivity index (χ4n) is 7.39. The number of β-amino-alcohol motifs (C(OH)–C–C–N with tert-alkyl or cyclic N) is 1. The number of halogens is 2. The number of carbonyl (C=O) groups excluding carboxylic acids is 1. The number of aliphatic hydroxyl groups excluding tert-OH is 1. The Morgan fingerprint density at radius 1 is 1.13 bits per heavy atom. The van der Waals surface area contributed by atoms with E-state index < -0.39 is 6.10 Å². The van der Waals surface area contributed by atoms with Gasteiger partial charge in [0.1, 0.15) is 28.0 Å². The average molecular weight is 628 g/mol. The van der Waals surface area contributed by atoms with Gasteiger partial charge in [0.25, 0.3) is 0 Å². The molecule has 9 nitrogen and oxygen atoms in total. The van der Waals surface area contributed by atoms with Crippen LogP contribution in [0.5, 0.6) is 0 Å². The van der Waals surface area contributed by atoms with E-state index in [1.165, 1.54) is 23.5 Å². The van der Waals surface area contributed by atoms with Crippen LogP contribution in [0, 0.1) is 28.4 Å². The number of pyridine rings is 1. The van der Waals surface area contributed by atoms with Crippen LogP contribution in [0.15, 0.2) is 36.4 Å². The number of benzene rings is 2. The Kier molecular flexibility index (Phi) is 6.57. The second-order valence-corrected chi connectivity index (χ2v) is 13.8. The van der Waals surface area contributed by atoms with Crippen LogP contribution in [0.1, 0.15) is 22.6 Å². The number of aliphatic hydroxyl groups is 1. The smallest absolute Gasteiger partial charge is 0.236 e. The number of aromatic nitrogens is 2. The van der Waals surface area contributed by atoms with E-state index in [1.807, 2.05) is 18.0 Å². The monoisotopic (exact) mass is 627 g/mol. The molecule has 12 heteroatoms. The van der Waals surface area contributed by atoms with Gasteiger partial charge in [0, 0.05) is 74.1 Å². The van der Waals surface area contributed by atoms with Gasteiger partial charge < -0.3 is 19.8 Å². The number of hydrogen-bond donors (Lipinski definition) is 1. The maximum absolute atomic E-state index is 15.8. The third-order valence-electron chi connectivity index (χ3n) is 9.59. The summed E-state index contributed by atoms with van der Waals surface area (Å²) in [4.78, 5) is 30.4. The number of carbonyl (C=O) groups is 1. The molecule has 1 N–H and O–H groups in total. The van der Waals surface area contributed by atoms with E-state index in [1.54, 1.807) is 23.1 Å². The summed E-state index contributed by atoms with van der Waals surface area (Å²) in [5.41, 5.74) is 5.21. The number of amides is 1. The predicted octanol–water partition coefficient (Wildman–Crippen LogP) is 4.09. The minimum atomic E-state index is -0.397. The summed E-state index contributed by atoms with van der Waals surface area (Å²) in [6.45, 7) is 4.44. The molecule has 0 saturated carbocycles. The molecule has 1 spiro atoms. The fourth-order valence-corrected chi connectivity index (χ4v) is 8.24. The van der Waals surface area contributed by atoms with Gasteiger partial charge in [-0.05, 0) is 61.2 Å². The number of nitrogens with zero attached hydrogens (tertiary/aromatic N) is 7. The highest BCUT2D eigenvalue weighted by atomic mass is 32.1. The quantitative estimate of drug-likeness (QED) is 0.342. The first-order valence-corrected chi connectivity index (χ1v) is 16.0. The van der Waals surface area contributed by atoms with Gasteiger partial charge in [0.15, 0.2) is 10.9 Å². The first-order valence-electron chi connectivity index (χ1n) is 15.2. The third kappa shape index (κ3) is 4.72. The van der Waals surface area contributed by atoms with Gasteiger partial charge in [-0.3, -0.25) is 9.69 Å². The van der Waals surface area contributed by atoms with Crippen molar-refractivity contribution in [2.45, 2.75) is 25.4 Å². The lowest BCUT2D eigenvalue weighted by molar-refractivity contribution is -0.146. The molecule has 3 aliphatic heterocycles. The number of anilines is 3. The van der Waals surface area contributed by atoms with Gasteiger partial charge in [-0.25, -0.2) is 18.7 Å². The number of fused-ring (bicyclic) bond motifs is 2. The summed E-state index contributed by atoms with van der Waals surface area (Å²) in [6.07, 6.45) is 2.14. The minimum Gasteiger partial charge on any atom is -0.389 e. The average Bonchev–Trinajstić information content (AvgIpc) is 3.62. The Morgan fingerprint density at radius 2 is 1.89 bits per heavy atom. The molecule has 1 amide bonds. The van der Waals surface area contributed by atoms with E-state index in [2.05, 4.69) is 15.9 Å². The zero-order valence-corrected chi connectivity index (χ0v) is 25.6. The molecule has 3 saturated heterocycles. The zero-order valence-electron chi connectivity index (χ0n) is 24.8. The summed E-state index contributed by atoms with van der Waals surface area (Å²) in [5, 5.41) is 20.7. The van der Waals surface area contributed by atoms with Crippen LogP contribution in [0.2, 0.25) is 0 Å². The van der Waals surface area contributed by atoms with Gasteiger partial charge >= 0.3 is 0 Å². The Bertz CT molecular complexity index is 1890. The van der Waals surface area contributed by atoms with Crippen LogP contribution in [-0.2, 0) is 17.6 Å². The summed E-state index contributed by atoms with van der Waals surface area (Å²) in [5.74, 6) is -0.663. The van der Waals surface area contributed by atoms with Crippen LogP contribution < -0.4 is 9.80 Å². The van der Waals surface area contributed by atoms with E-state index >= 15 is 4.39 Å². The molecule has 8 rings (SSSR count). The summed E-state index contributed by atoms with van der Waals surface area (Å²) < 4.78 is 29.4. The predicted molar refractivity (Wildman–Crippen MR) is 168 cm³/mol. The molecule has 4 aromatic rings. The molecule has 45 heavy (non-hydrogen) atoms. The molecule has 1 aliphatic carbocycles. The molecule has 2 aromatic carbocycles. The Hall–Kier alpha value is -4.18. The maximum Gasteiger partial charge on any atom is 0.236 e. The molecule has 2 aromatic heterocycles. The lowest BCUT2D eigenvalue weighted by Gasteiger charge is -2.61. The van der Waals surface area contributed by atoms with Gasteiger partial charge in [-0.2, -0.15) is 5.26 Å². The largest absolute Gasteiger partial charge is 0.389 e. The molecular weight excluding hydrogens is 596 g/mol. The SMILES string of the molecule is CN(c1nc(-c2ccc(F)cc2)c(C#N)s1)c1c2c(nc3c(F)cc(N4CC5(CN(CC(=O)N6CC(O)C6)C5)C4)cc13)CCC2. The third-order valence-corrected chi connectivity index (χ3v) is 10.6. The highest BCUT2D eigenvalue weighted by Crippen LogP contribution is 2.46. The van der Waals surface area contributed by atoms with E-state index in [-0.39, 0.29) is 23.0 Å². The zero-order chi connectivity index (χ0) is 31.0. The summed E-state index contributed by atoms with van der Waals surface area (Å²) in [7, 11) is 1.90. The lowest BCUT2D eigenvalue weighted by atomic mass is 9.72. The van der Waals surface area contributed by atoms with Gasteiger partial charge in [-0.1, -0.05) is 11.3 Å². The minimum absolute atomic E-state index is 0.0616. The second-order valence-electron chi connectivity index (χ2n) is 12.9. The van der Waals surface area contributed by atoms with Crippen molar-refractivity contribution in [2.24, 2.45) is 5.41 Å². The molecule has 4 aliphatic rings. The van der Waals surface area contributed by atoms with Crippen LogP contribution in [-0.4, -0.2) is 89.7 Å². The van der Waals surface area contributed by atoms with E-state index in [0.29, 0.717) is 51.8 Å². The summed E-state index contributed by atoms with van der Waals surface area (Å²) >= 11 is 1.26. The van der Waals surface area contributed by atoms with Crippen molar-refractivity contribution in [1.29, 1.82) is 5.26 Å². The highest BCUT2D eigenvalue weighted by Gasteiger charge is 2.52. The van der Waals surface area contributed by atoms with Crippen molar-refractivity contribution in [3.8, 4) is 17.3 Å². The molecule has 0 atom stereocenters. The van der Waals surface area contributed by atoms with Crippen molar-refractivity contribution in [2.75, 3.05) is 62.7 Å². The van der Waals surface area contributed by atoms with Gasteiger partial charge in [0.05, 0.1) is 18.3 Å². The molecule has 0 radical (unpaired) electrons. The number of aryl methyl sites for hydroxylation is 1. The van der Waals surface area contributed by atoms with Crippen LogP contribution in [0.25, 0.3) is 22.2 Å². The van der Waals surface area contributed by atoms with Gasteiger partial charge in [-0.15, -0.1) is 0 Å². The van der Waals surface area contributed by atoms with Crippen LogP contribution in [0.4, 0.5) is 25.3 Å². The number of hydrogen-bond acceptors (Lipinski definition) is 9. The second kappa shape index (κ2) is 10.4. The molecule has 230 valence electrons. The molecule has 0 bridgehead atoms. The number of thiazole rings is 1. The lowest BCUT2D eigenvalue weighted by Crippen LogP contribution is -2.73. The Labute approximate surface area is 262 Å². The van der Waals surface area contributed by atoms with Crippen LogP contribution >= 0.6 is 11.3 Å². The first kappa shape index (κ1) is 28.3. The van der Waals surface area contributed by atoms with Gasteiger partial charge in [0.2, 0.25) is 5.91 Å². The standard InChI is InChI=1S/C33H31F2N7O2S/c1-39(32-38-29(27(11-36)45-32)19-5-7-20(34)8-6-19)31-23-3-2-4-26(23)37-30-24(31)9-21(10-25(30)35)42-17-33(18-42)15-40(16-33)14-28(44)41-12-22(43)13-41/h5-10,22,43H,2-4,12-18H2,1H3. The summed E-state index contributed by atoms with van der Waals surface area (Å²) in [6, 6.07) is 11.8. The van der Waals surface area contributed by atoms with Crippen LogP contribution in [0.3, 0.4) is 0 Å². The molecular formula is C33H31F2N7O2S. The van der Waals surface area contributed by atoms with Crippen molar-refractivity contribution < 1.29 is 18.7 Å². The van der Waals surface area contributed by atoms with Crippen molar-refractivity contribution in [1.82, 2.24) is 19.8 Å². The molecule has 0 unspecified atom stereocenters. The first-order chi connectivity index (χ1) is 21.7.